The molecule has 0 aliphatic heterocycles. The normalized spacial score (nSPS) is 11.3. The Hall–Kier alpha value is -0.900. The van der Waals surface area contributed by atoms with Gasteiger partial charge in [-0.05, 0) is 17.0 Å². The first-order chi connectivity index (χ1) is 7.94. The molecule has 2 nitrogen and oxygen atoms in total. The van der Waals surface area contributed by atoms with Gasteiger partial charge in [0.05, 0.1) is 6.42 Å². The highest BCUT2D eigenvalue weighted by atomic mass is 79.9. The molecule has 1 rings (SSSR count). The first-order valence-electron chi connectivity index (χ1n) is 5.51. The number of halogens is 2. The summed E-state index contributed by atoms with van der Waals surface area (Å²) >= 11 is 3.39. The Morgan fingerprint density at radius 1 is 1.41 bits per heavy atom. The molecule has 94 valence electrons. The van der Waals surface area contributed by atoms with Crippen LogP contribution in [-0.4, -0.2) is 17.8 Å². The van der Waals surface area contributed by atoms with E-state index in [1.54, 1.807) is 18.2 Å². The van der Waals surface area contributed by atoms with Crippen molar-refractivity contribution in [3.8, 4) is 0 Å². The fourth-order valence-corrected chi connectivity index (χ4v) is 1.46. The molecular formula is C13H17BrFNO. The standard InChI is InChI=1S/C13H17BrFNO/c1-13(2,8-14)9-16-12(17)7-10-5-3-4-6-11(10)15/h3-6H,7-9H2,1-2H3,(H,16,17). The van der Waals surface area contributed by atoms with Crippen LogP contribution in [0.25, 0.3) is 0 Å². The number of alkyl halides is 1. The van der Waals surface area contributed by atoms with Gasteiger partial charge in [0.15, 0.2) is 0 Å². The zero-order chi connectivity index (χ0) is 12.9. The van der Waals surface area contributed by atoms with Gasteiger partial charge in [0.2, 0.25) is 5.91 Å². The maximum absolute atomic E-state index is 13.3. The Bertz CT molecular complexity index is 393. The fourth-order valence-electron chi connectivity index (χ4n) is 1.26. The number of amides is 1. The summed E-state index contributed by atoms with van der Waals surface area (Å²) < 4.78 is 13.3. The van der Waals surface area contributed by atoms with Gasteiger partial charge in [-0.1, -0.05) is 48.0 Å². The van der Waals surface area contributed by atoms with E-state index in [9.17, 15) is 9.18 Å². The summed E-state index contributed by atoms with van der Waals surface area (Å²) in [5.41, 5.74) is 0.437. The van der Waals surface area contributed by atoms with Crippen molar-refractivity contribution in [3.05, 3.63) is 35.6 Å². The van der Waals surface area contributed by atoms with Gasteiger partial charge in [0.1, 0.15) is 5.82 Å². The minimum absolute atomic E-state index is 0.00485. The van der Waals surface area contributed by atoms with Gasteiger partial charge in [-0.15, -0.1) is 0 Å². The number of nitrogens with one attached hydrogen (secondary N) is 1. The van der Waals surface area contributed by atoms with Crippen molar-refractivity contribution in [1.82, 2.24) is 5.32 Å². The van der Waals surface area contributed by atoms with E-state index < -0.39 is 0 Å². The first kappa shape index (κ1) is 14.2. The molecule has 1 N–H and O–H groups in total. The summed E-state index contributed by atoms with van der Waals surface area (Å²) in [6.07, 6.45) is 0.0883. The summed E-state index contributed by atoms with van der Waals surface area (Å²) in [5, 5.41) is 3.62. The Kier molecular flexibility index (Phi) is 5.12. The SMILES string of the molecule is CC(C)(CBr)CNC(=O)Cc1ccccc1F. The van der Waals surface area contributed by atoms with E-state index in [4.69, 9.17) is 0 Å². The third kappa shape index (κ3) is 4.86. The summed E-state index contributed by atoms with van der Waals surface area (Å²) in [6, 6.07) is 6.34. The van der Waals surface area contributed by atoms with E-state index >= 15 is 0 Å². The number of carbonyl (C=O) groups excluding carboxylic acids is 1. The molecule has 1 aromatic rings. The van der Waals surface area contributed by atoms with Crippen LogP contribution >= 0.6 is 15.9 Å². The highest BCUT2D eigenvalue weighted by molar-refractivity contribution is 9.09. The van der Waals surface area contributed by atoms with E-state index in [1.807, 2.05) is 13.8 Å². The van der Waals surface area contributed by atoms with Crippen LogP contribution in [0.1, 0.15) is 19.4 Å². The van der Waals surface area contributed by atoms with Gasteiger partial charge < -0.3 is 5.32 Å². The van der Waals surface area contributed by atoms with Gasteiger partial charge in [-0.3, -0.25) is 4.79 Å². The molecule has 0 bridgehead atoms. The lowest BCUT2D eigenvalue weighted by Crippen LogP contribution is -2.35. The Morgan fingerprint density at radius 3 is 2.65 bits per heavy atom. The van der Waals surface area contributed by atoms with Gasteiger partial charge in [0, 0.05) is 11.9 Å². The van der Waals surface area contributed by atoms with E-state index in [-0.39, 0.29) is 23.6 Å². The third-order valence-electron chi connectivity index (χ3n) is 2.43. The average molecular weight is 302 g/mol. The number of carbonyl (C=O) groups is 1. The van der Waals surface area contributed by atoms with Crippen LogP contribution in [0.15, 0.2) is 24.3 Å². The van der Waals surface area contributed by atoms with Gasteiger partial charge >= 0.3 is 0 Å². The molecule has 0 saturated carbocycles. The average Bonchev–Trinajstić information content (AvgIpc) is 2.30. The molecule has 17 heavy (non-hydrogen) atoms. The van der Waals surface area contributed by atoms with Gasteiger partial charge in [-0.25, -0.2) is 4.39 Å². The Balaban J connectivity index is 2.48. The molecule has 1 amide bonds. The molecule has 0 saturated heterocycles. The van der Waals surface area contributed by atoms with Crippen LogP contribution in [-0.2, 0) is 11.2 Å². The van der Waals surface area contributed by atoms with Crippen molar-refractivity contribution in [2.75, 3.05) is 11.9 Å². The fraction of sp³-hybridized carbons (Fsp3) is 0.462. The predicted molar refractivity (Wildman–Crippen MR) is 70.7 cm³/mol. The lowest BCUT2D eigenvalue weighted by molar-refractivity contribution is -0.120. The second-order valence-corrected chi connectivity index (χ2v) is 5.40. The molecule has 0 fully saturated rings. The maximum atomic E-state index is 13.3. The van der Waals surface area contributed by atoms with Crippen molar-refractivity contribution in [2.45, 2.75) is 20.3 Å². The van der Waals surface area contributed by atoms with Gasteiger partial charge in [0.25, 0.3) is 0 Å². The third-order valence-corrected chi connectivity index (χ3v) is 3.95. The number of hydrogen-bond acceptors (Lipinski definition) is 1. The smallest absolute Gasteiger partial charge is 0.224 e. The van der Waals surface area contributed by atoms with Crippen LogP contribution in [0.4, 0.5) is 4.39 Å². The largest absolute Gasteiger partial charge is 0.355 e. The molecule has 4 heteroatoms. The van der Waals surface area contributed by atoms with E-state index in [0.29, 0.717) is 12.1 Å². The maximum Gasteiger partial charge on any atom is 0.224 e. The highest BCUT2D eigenvalue weighted by Crippen LogP contribution is 2.16. The summed E-state index contributed by atoms with van der Waals surface area (Å²) in [4.78, 5) is 11.6. The van der Waals surface area contributed by atoms with Crippen molar-refractivity contribution < 1.29 is 9.18 Å². The van der Waals surface area contributed by atoms with Crippen molar-refractivity contribution in [3.63, 3.8) is 0 Å². The zero-order valence-electron chi connectivity index (χ0n) is 10.1. The molecule has 1 aromatic carbocycles. The van der Waals surface area contributed by atoms with Crippen LogP contribution in [0, 0.1) is 11.2 Å². The van der Waals surface area contributed by atoms with E-state index in [2.05, 4.69) is 21.2 Å². The molecule has 0 aromatic heterocycles. The van der Waals surface area contributed by atoms with Crippen molar-refractivity contribution >= 4 is 21.8 Å². The van der Waals surface area contributed by atoms with Crippen molar-refractivity contribution in [1.29, 1.82) is 0 Å². The van der Waals surface area contributed by atoms with Crippen LogP contribution < -0.4 is 5.32 Å². The number of hydrogen-bond donors (Lipinski definition) is 1. The highest BCUT2D eigenvalue weighted by Gasteiger charge is 2.17. The molecule has 0 spiro atoms. The Morgan fingerprint density at radius 2 is 2.06 bits per heavy atom. The second kappa shape index (κ2) is 6.15. The lowest BCUT2D eigenvalue weighted by atomic mass is 9.97. The van der Waals surface area contributed by atoms with Crippen LogP contribution in [0.2, 0.25) is 0 Å². The molecule has 0 radical (unpaired) electrons. The zero-order valence-corrected chi connectivity index (χ0v) is 11.7. The van der Waals surface area contributed by atoms with Crippen LogP contribution in [0.3, 0.4) is 0 Å². The van der Waals surface area contributed by atoms with E-state index in [1.165, 1.54) is 6.07 Å². The van der Waals surface area contributed by atoms with E-state index in [0.717, 1.165) is 5.33 Å². The van der Waals surface area contributed by atoms with Crippen LogP contribution in [0.5, 0.6) is 0 Å². The lowest BCUT2D eigenvalue weighted by Gasteiger charge is -2.21. The van der Waals surface area contributed by atoms with Crippen molar-refractivity contribution in [2.24, 2.45) is 5.41 Å². The van der Waals surface area contributed by atoms with Gasteiger partial charge in [-0.2, -0.15) is 0 Å². The number of benzene rings is 1. The summed E-state index contributed by atoms with van der Waals surface area (Å²) in [7, 11) is 0. The molecule has 0 aliphatic carbocycles. The molecule has 0 atom stereocenters. The molecule has 0 unspecified atom stereocenters. The number of rotatable bonds is 5. The first-order valence-corrected chi connectivity index (χ1v) is 6.63. The topological polar surface area (TPSA) is 29.1 Å². The minimum atomic E-state index is -0.331. The summed E-state index contributed by atoms with van der Waals surface area (Å²) in [5.74, 6) is -0.480. The monoisotopic (exact) mass is 301 g/mol. The summed E-state index contributed by atoms with van der Waals surface area (Å²) in [6.45, 7) is 4.67. The Labute approximate surface area is 110 Å². The second-order valence-electron chi connectivity index (χ2n) is 4.84. The minimum Gasteiger partial charge on any atom is -0.355 e. The molecular weight excluding hydrogens is 285 g/mol. The predicted octanol–water partition coefficient (Wildman–Crippen LogP) is 2.91. The quantitative estimate of drug-likeness (QED) is 0.833. The molecule has 0 aliphatic rings. The molecule has 0 heterocycles.